The molecule has 2 heterocycles. The molecule has 1 N–H and O–H groups in total. The van der Waals surface area contributed by atoms with Crippen molar-refractivity contribution in [2.24, 2.45) is 0 Å². The summed E-state index contributed by atoms with van der Waals surface area (Å²) >= 11 is 0. The van der Waals surface area contributed by atoms with Crippen LogP contribution in [0, 0.1) is 6.92 Å². The third kappa shape index (κ3) is 3.54. The first-order chi connectivity index (χ1) is 12.7. The summed E-state index contributed by atoms with van der Waals surface area (Å²) < 4.78 is 0. The molecule has 0 radical (unpaired) electrons. The lowest BCUT2D eigenvalue weighted by Crippen LogP contribution is -2.31. The van der Waals surface area contributed by atoms with E-state index in [9.17, 15) is 0 Å². The van der Waals surface area contributed by atoms with E-state index in [1.165, 1.54) is 16.7 Å². The van der Waals surface area contributed by atoms with Crippen molar-refractivity contribution in [1.29, 1.82) is 0 Å². The Morgan fingerprint density at radius 1 is 0.962 bits per heavy atom. The molecule has 2 aromatic carbocycles. The quantitative estimate of drug-likeness (QED) is 0.755. The Hall–Kier alpha value is -2.88. The van der Waals surface area contributed by atoms with Gasteiger partial charge in [0.25, 0.3) is 0 Å². The maximum Gasteiger partial charge on any atom is 0.225 e. The second-order valence-corrected chi connectivity index (χ2v) is 6.91. The smallest absolute Gasteiger partial charge is 0.225 e. The fourth-order valence-electron chi connectivity index (χ4n) is 3.49. The Bertz CT molecular complexity index is 892. The fourth-order valence-corrected chi connectivity index (χ4v) is 3.49. The van der Waals surface area contributed by atoms with E-state index < -0.39 is 0 Å². The van der Waals surface area contributed by atoms with Gasteiger partial charge in [-0.25, -0.2) is 4.98 Å². The number of fused-ring (bicyclic) bond motifs is 1. The normalized spacial score (nSPS) is 14.6. The molecule has 26 heavy (non-hydrogen) atoms. The first-order valence-electron chi connectivity index (χ1n) is 9.18. The molecule has 1 atom stereocenters. The van der Waals surface area contributed by atoms with Crippen molar-refractivity contribution in [2.45, 2.75) is 32.9 Å². The van der Waals surface area contributed by atoms with E-state index in [4.69, 9.17) is 4.98 Å². The molecule has 1 aliphatic heterocycles. The first-order valence-corrected chi connectivity index (χ1v) is 9.18. The van der Waals surface area contributed by atoms with Crippen LogP contribution in [0.15, 0.2) is 60.7 Å². The van der Waals surface area contributed by atoms with Crippen LogP contribution in [0.25, 0.3) is 0 Å². The summed E-state index contributed by atoms with van der Waals surface area (Å²) in [6.45, 7) is 6.06. The van der Waals surface area contributed by atoms with Crippen molar-refractivity contribution < 1.29 is 0 Å². The molecule has 4 nitrogen and oxygen atoms in total. The number of hydrogen-bond donors (Lipinski definition) is 1. The van der Waals surface area contributed by atoms with Crippen LogP contribution in [0.4, 0.5) is 11.8 Å². The van der Waals surface area contributed by atoms with Crippen LogP contribution in [-0.2, 0) is 13.0 Å². The SMILES string of the molecule is Cc1cc(N2CCc3ccccc3C2)nc(NC(C)c2ccccc2)n1. The summed E-state index contributed by atoms with van der Waals surface area (Å²) in [4.78, 5) is 11.7. The maximum absolute atomic E-state index is 4.80. The molecule has 0 amide bonds. The van der Waals surface area contributed by atoms with Crippen LogP contribution in [0.1, 0.15) is 35.3 Å². The van der Waals surface area contributed by atoms with Crippen LogP contribution >= 0.6 is 0 Å². The lowest BCUT2D eigenvalue weighted by Gasteiger charge is -2.30. The monoisotopic (exact) mass is 344 g/mol. The topological polar surface area (TPSA) is 41.1 Å². The highest BCUT2D eigenvalue weighted by atomic mass is 15.2. The lowest BCUT2D eigenvalue weighted by molar-refractivity contribution is 0.717. The van der Waals surface area contributed by atoms with E-state index in [1.807, 2.05) is 13.0 Å². The molecular formula is C22H24N4. The van der Waals surface area contributed by atoms with Crippen molar-refractivity contribution in [1.82, 2.24) is 9.97 Å². The Kier molecular flexibility index (Phi) is 4.57. The molecular weight excluding hydrogens is 320 g/mol. The molecule has 0 bridgehead atoms. The molecule has 1 aromatic heterocycles. The van der Waals surface area contributed by atoms with Gasteiger partial charge in [-0.05, 0) is 37.0 Å². The fraction of sp³-hybridized carbons (Fsp3) is 0.273. The molecule has 0 fully saturated rings. The summed E-state index contributed by atoms with van der Waals surface area (Å²) in [7, 11) is 0. The van der Waals surface area contributed by atoms with E-state index in [2.05, 4.69) is 76.7 Å². The van der Waals surface area contributed by atoms with Crippen molar-refractivity contribution >= 4 is 11.8 Å². The molecule has 0 aliphatic carbocycles. The number of anilines is 2. The molecule has 1 aliphatic rings. The van der Waals surface area contributed by atoms with Gasteiger partial charge in [-0.2, -0.15) is 4.98 Å². The van der Waals surface area contributed by atoms with Gasteiger partial charge in [0.2, 0.25) is 5.95 Å². The van der Waals surface area contributed by atoms with Gasteiger partial charge >= 0.3 is 0 Å². The van der Waals surface area contributed by atoms with E-state index >= 15 is 0 Å². The molecule has 4 heteroatoms. The van der Waals surface area contributed by atoms with E-state index in [1.54, 1.807) is 0 Å². The van der Waals surface area contributed by atoms with Gasteiger partial charge in [0.1, 0.15) is 5.82 Å². The zero-order chi connectivity index (χ0) is 17.9. The number of nitrogens with one attached hydrogen (secondary N) is 1. The zero-order valence-electron chi connectivity index (χ0n) is 15.3. The number of aromatic nitrogens is 2. The largest absolute Gasteiger partial charge is 0.352 e. The second kappa shape index (κ2) is 7.16. The summed E-state index contributed by atoms with van der Waals surface area (Å²) in [5.74, 6) is 1.69. The summed E-state index contributed by atoms with van der Waals surface area (Å²) in [6, 6.07) is 21.3. The first kappa shape index (κ1) is 16.6. The summed E-state index contributed by atoms with van der Waals surface area (Å²) in [6.07, 6.45) is 1.06. The van der Waals surface area contributed by atoms with Crippen molar-refractivity contribution in [2.75, 3.05) is 16.8 Å². The Balaban J connectivity index is 1.55. The Morgan fingerprint density at radius 2 is 1.69 bits per heavy atom. The minimum Gasteiger partial charge on any atom is -0.352 e. The van der Waals surface area contributed by atoms with Gasteiger partial charge in [0.05, 0.1) is 6.04 Å². The van der Waals surface area contributed by atoms with Gasteiger partial charge in [-0.3, -0.25) is 0 Å². The molecule has 4 rings (SSSR count). The van der Waals surface area contributed by atoms with Crippen molar-refractivity contribution in [3.8, 4) is 0 Å². The van der Waals surface area contributed by atoms with Gasteiger partial charge < -0.3 is 10.2 Å². The number of aryl methyl sites for hydroxylation is 1. The van der Waals surface area contributed by atoms with Gasteiger partial charge in [-0.15, -0.1) is 0 Å². The lowest BCUT2D eigenvalue weighted by atomic mass is 10.00. The maximum atomic E-state index is 4.80. The standard InChI is InChI=1S/C22H24N4/c1-16-14-21(26-13-12-19-10-6-7-11-20(19)15-26)25-22(23-16)24-17(2)18-8-4-3-5-9-18/h3-11,14,17H,12-13,15H2,1-2H3,(H,23,24,25). The summed E-state index contributed by atoms with van der Waals surface area (Å²) in [5, 5.41) is 3.45. The van der Waals surface area contributed by atoms with Crippen molar-refractivity contribution in [3.05, 3.63) is 83.0 Å². The van der Waals surface area contributed by atoms with Gasteiger partial charge in [0.15, 0.2) is 0 Å². The number of hydrogen-bond acceptors (Lipinski definition) is 4. The summed E-state index contributed by atoms with van der Waals surface area (Å²) in [5.41, 5.74) is 5.05. The molecule has 132 valence electrons. The van der Waals surface area contributed by atoms with Crippen LogP contribution in [-0.4, -0.2) is 16.5 Å². The third-order valence-corrected chi connectivity index (χ3v) is 4.94. The zero-order valence-corrected chi connectivity index (χ0v) is 15.3. The van der Waals surface area contributed by atoms with Gasteiger partial charge in [0, 0.05) is 24.8 Å². The van der Waals surface area contributed by atoms with Crippen molar-refractivity contribution in [3.63, 3.8) is 0 Å². The van der Waals surface area contributed by atoms with Crippen LogP contribution in [0.5, 0.6) is 0 Å². The number of benzene rings is 2. The Labute approximate surface area is 154 Å². The molecule has 1 unspecified atom stereocenters. The number of nitrogens with zero attached hydrogens (tertiary/aromatic N) is 3. The van der Waals surface area contributed by atoms with Crippen LogP contribution in [0.3, 0.4) is 0 Å². The predicted octanol–water partition coefficient (Wildman–Crippen LogP) is 4.52. The second-order valence-electron chi connectivity index (χ2n) is 6.91. The third-order valence-electron chi connectivity index (χ3n) is 4.94. The minimum absolute atomic E-state index is 0.160. The highest BCUT2D eigenvalue weighted by molar-refractivity contribution is 5.48. The average molecular weight is 344 g/mol. The highest BCUT2D eigenvalue weighted by Gasteiger charge is 2.18. The molecule has 0 saturated carbocycles. The highest BCUT2D eigenvalue weighted by Crippen LogP contribution is 2.25. The van der Waals surface area contributed by atoms with E-state index in [-0.39, 0.29) is 6.04 Å². The minimum atomic E-state index is 0.160. The molecule has 0 saturated heterocycles. The number of rotatable bonds is 4. The average Bonchev–Trinajstić information content (AvgIpc) is 2.68. The van der Waals surface area contributed by atoms with E-state index in [0.29, 0.717) is 5.95 Å². The Morgan fingerprint density at radius 3 is 2.50 bits per heavy atom. The van der Waals surface area contributed by atoms with Crippen LogP contribution in [0.2, 0.25) is 0 Å². The predicted molar refractivity (Wildman–Crippen MR) is 106 cm³/mol. The van der Waals surface area contributed by atoms with Gasteiger partial charge in [-0.1, -0.05) is 54.6 Å². The van der Waals surface area contributed by atoms with E-state index in [0.717, 1.165) is 31.0 Å². The molecule has 0 spiro atoms. The molecule has 3 aromatic rings. The van der Waals surface area contributed by atoms with Crippen LogP contribution < -0.4 is 10.2 Å².